The number of piperidine rings is 1. The van der Waals surface area contributed by atoms with Gasteiger partial charge in [0, 0.05) is 42.8 Å². The van der Waals surface area contributed by atoms with Gasteiger partial charge in [0.05, 0.1) is 6.67 Å². The molecule has 0 bridgehead atoms. The number of carbonyl (C=O) groups excluding carboxylic acids is 2. The number of carboxylic acid groups (broad SMARTS) is 1. The predicted octanol–water partition coefficient (Wildman–Crippen LogP) is 3.10. The van der Waals surface area contributed by atoms with E-state index in [2.05, 4.69) is 25.4 Å². The van der Waals surface area contributed by atoms with E-state index in [1.807, 2.05) is 30.3 Å². The Morgan fingerprint density at radius 3 is 2.36 bits per heavy atom. The average molecular weight is 550 g/mol. The molecule has 39 heavy (non-hydrogen) atoms. The first kappa shape index (κ1) is 27.9. The van der Waals surface area contributed by atoms with Crippen LogP contribution in [0.1, 0.15) is 23.3 Å². The Balaban J connectivity index is 0.000000448. The number of carboxylic acids is 1. The van der Waals surface area contributed by atoms with Crippen LogP contribution >= 0.6 is 0 Å². The number of rotatable bonds is 5. The summed E-state index contributed by atoms with van der Waals surface area (Å²) in [6.45, 7) is 3.33. The molecule has 3 heterocycles. The molecule has 9 nitrogen and oxygen atoms in total. The highest BCUT2D eigenvalue weighted by molar-refractivity contribution is 5.98. The molecule has 3 aromatic rings. The van der Waals surface area contributed by atoms with Crippen molar-refractivity contribution in [3.8, 4) is 0 Å². The maximum atomic E-state index is 13.4. The van der Waals surface area contributed by atoms with Gasteiger partial charge in [0.25, 0.3) is 5.91 Å². The van der Waals surface area contributed by atoms with Crippen LogP contribution in [0.5, 0.6) is 0 Å². The number of alkyl halides is 3. The molecule has 2 amide bonds. The summed E-state index contributed by atoms with van der Waals surface area (Å²) in [7, 11) is 0. The second kappa shape index (κ2) is 11.3. The smallest absolute Gasteiger partial charge is 0.475 e. The average Bonchev–Trinajstić information content (AvgIpc) is 3.46. The standard InChI is InChI=1S/C24H26FN5O2.C2HF3O2/c25-18-6-7-20-17(14-18)15-21(28-20)22(31)26-10-13-29-11-8-24(9-12-29)23(32)27-16-30(24)19-4-2-1-3-5-19;3-2(4,5)1(6)7/h1-7,14-15,28H,8-13,16H2,(H,26,31)(H,27,32);(H,6,7). The molecular weight excluding hydrogens is 522 g/mol. The predicted molar refractivity (Wildman–Crippen MR) is 135 cm³/mol. The molecule has 5 rings (SSSR count). The Morgan fingerprint density at radius 2 is 1.72 bits per heavy atom. The molecule has 2 saturated heterocycles. The summed E-state index contributed by atoms with van der Waals surface area (Å²) in [5.41, 5.74) is 1.71. The number of H-pyrrole nitrogens is 1. The number of hydrogen-bond donors (Lipinski definition) is 4. The SMILES string of the molecule is O=C(NCCN1CCC2(CC1)C(=O)NCN2c1ccccc1)c1cc2cc(F)ccc2[nH]1.O=C(O)C(F)(F)F. The van der Waals surface area contributed by atoms with Crippen molar-refractivity contribution in [1.29, 1.82) is 0 Å². The topological polar surface area (TPSA) is 118 Å². The molecule has 1 aromatic heterocycles. The fraction of sp³-hybridized carbons (Fsp3) is 0.346. The van der Waals surface area contributed by atoms with Gasteiger partial charge in [-0.1, -0.05) is 18.2 Å². The van der Waals surface area contributed by atoms with Crippen molar-refractivity contribution in [2.24, 2.45) is 0 Å². The number of aromatic nitrogens is 1. The number of carbonyl (C=O) groups is 3. The van der Waals surface area contributed by atoms with Crippen molar-refractivity contribution in [2.45, 2.75) is 24.6 Å². The number of nitrogens with one attached hydrogen (secondary N) is 3. The summed E-state index contributed by atoms with van der Waals surface area (Å²) in [6, 6.07) is 16.1. The van der Waals surface area contributed by atoms with E-state index in [-0.39, 0.29) is 17.6 Å². The van der Waals surface area contributed by atoms with E-state index < -0.39 is 17.7 Å². The van der Waals surface area contributed by atoms with Crippen LogP contribution in [0, 0.1) is 5.82 Å². The summed E-state index contributed by atoms with van der Waals surface area (Å²) in [6.07, 6.45) is -3.59. The minimum Gasteiger partial charge on any atom is -0.475 e. The van der Waals surface area contributed by atoms with E-state index in [4.69, 9.17) is 9.90 Å². The summed E-state index contributed by atoms with van der Waals surface area (Å²) < 4.78 is 45.1. The Bertz CT molecular complexity index is 1340. The van der Waals surface area contributed by atoms with Crippen LogP contribution in [0.3, 0.4) is 0 Å². The van der Waals surface area contributed by atoms with E-state index >= 15 is 0 Å². The van der Waals surface area contributed by atoms with Gasteiger partial charge in [-0.05, 0) is 49.2 Å². The molecule has 2 aliphatic rings. The monoisotopic (exact) mass is 549 g/mol. The number of benzene rings is 2. The van der Waals surface area contributed by atoms with Crippen molar-refractivity contribution >= 4 is 34.4 Å². The Labute approximate surface area is 220 Å². The molecule has 0 atom stereocenters. The summed E-state index contributed by atoms with van der Waals surface area (Å²) in [4.78, 5) is 41.6. The van der Waals surface area contributed by atoms with Crippen LogP contribution in [0.2, 0.25) is 0 Å². The maximum absolute atomic E-state index is 13.4. The van der Waals surface area contributed by atoms with Crippen LogP contribution in [0.25, 0.3) is 10.9 Å². The first-order valence-electron chi connectivity index (χ1n) is 12.2. The third kappa shape index (κ3) is 6.30. The van der Waals surface area contributed by atoms with E-state index in [1.165, 1.54) is 12.1 Å². The Kier molecular flexibility index (Phi) is 8.09. The maximum Gasteiger partial charge on any atom is 0.490 e. The number of para-hydroxylation sites is 1. The first-order valence-corrected chi connectivity index (χ1v) is 12.2. The quantitative estimate of drug-likeness (QED) is 0.364. The van der Waals surface area contributed by atoms with Gasteiger partial charge in [0.1, 0.15) is 17.1 Å². The number of anilines is 1. The van der Waals surface area contributed by atoms with Gasteiger partial charge >= 0.3 is 12.1 Å². The van der Waals surface area contributed by atoms with E-state index in [0.29, 0.717) is 30.8 Å². The molecule has 2 aromatic carbocycles. The zero-order valence-corrected chi connectivity index (χ0v) is 20.7. The molecule has 2 aliphatic heterocycles. The van der Waals surface area contributed by atoms with Gasteiger partial charge < -0.3 is 30.5 Å². The molecule has 0 radical (unpaired) electrons. The van der Waals surface area contributed by atoms with Crippen molar-refractivity contribution < 1.29 is 37.1 Å². The van der Waals surface area contributed by atoms with E-state index in [0.717, 1.165) is 37.1 Å². The largest absolute Gasteiger partial charge is 0.490 e. The molecule has 0 unspecified atom stereocenters. The van der Waals surface area contributed by atoms with Gasteiger partial charge in [0.15, 0.2) is 0 Å². The minimum atomic E-state index is -5.08. The zero-order valence-electron chi connectivity index (χ0n) is 20.7. The number of halogens is 4. The normalized spacial score (nSPS) is 17.0. The lowest BCUT2D eigenvalue weighted by molar-refractivity contribution is -0.192. The van der Waals surface area contributed by atoms with Crippen molar-refractivity contribution in [3.63, 3.8) is 0 Å². The third-order valence-electron chi connectivity index (χ3n) is 6.87. The summed E-state index contributed by atoms with van der Waals surface area (Å²) in [5, 5.41) is 13.7. The number of nitrogens with zero attached hydrogens (tertiary/aromatic N) is 2. The zero-order chi connectivity index (χ0) is 28.2. The number of aromatic amines is 1. The number of amides is 2. The highest BCUT2D eigenvalue weighted by Crippen LogP contribution is 2.36. The van der Waals surface area contributed by atoms with Gasteiger partial charge in [-0.15, -0.1) is 0 Å². The van der Waals surface area contributed by atoms with Crippen LogP contribution in [-0.4, -0.2) is 77.3 Å². The summed E-state index contributed by atoms with van der Waals surface area (Å²) in [5.74, 6) is -3.19. The molecule has 208 valence electrons. The van der Waals surface area contributed by atoms with Crippen molar-refractivity contribution in [3.05, 3.63) is 66.1 Å². The Hall–Kier alpha value is -4.13. The highest BCUT2D eigenvalue weighted by Gasteiger charge is 2.50. The minimum absolute atomic E-state index is 0.101. The van der Waals surface area contributed by atoms with Gasteiger partial charge in [0.2, 0.25) is 5.91 Å². The lowest BCUT2D eigenvalue weighted by atomic mass is 9.85. The van der Waals surface area contributed by atoms with Gasteiger partial charge in [-0.3, -0.25) is 9.59 Å². The molecular formula is C26H27F4N5O4. The molecule has 4 N–H and O–H groups in total. The molecule has 0 saturated carbocycles. The number of fused-ring (bicyclic) bond motifs is 1. The van der Waals surface area contributed by atoms with Crippen molar-refractivity contribution in [2.75, 3.05) is 37.7 Å². The second-order valence-electron chi connectivity index (χ2n) is 9.27. The summed E-state index contributed by atoms with van der Waals surface area (Å²) >= 11 is 0. The number of hydrogen-bond acceptors (Lipinski definition) is 5. The lowest BCUT2D eigenvalue weighted by Crippen LogP contribution is -2.57. The van der Waals surface area contributed by atoms with Crippen LogP contribution in [0.4, 0.5) is 23.2 Å². The van der Waals surface area contributed by atoms with Gasteiger partial charge in [-0.2, -0.15) is 13.2 Å². The number of likely N-dealkylation sites (tertiary alicyclic amines) is 1. The molecule has 1 spiro atoms. The van der Waals surface area contributed by atoms with Crippen LogP contribution in [-0.2, 0) is 9.59 Å². The second-order valence-corrected chi connectivity index (χ2v) is 9.27. The number of aliphatic carboxylic acids is 1. The Morgan fingerprint density at radius 1 is 1.05 bits per heavy atom. The molecule has 2 fully saturated rings. The molecule has 13 heteroatoms. The highest BCUT2D eigenvalue weighted by atomic mass is 19.4. The first-order chi connectivity index (χ1) is 18.5. The van der Waals surface area contributed by atoms with Gasteiger partial charge in [-0.25, -0.2) is 9.18 Å². The van der Waals surface area contributed by atoms with Crippen LogP contribution < -0.4 is 15.5 Å². The molecule has 0 aliphatic carbocycles. The third-order valence-corrected chi connectivity index (χ3v) is 6.87. The van der Waals surface area contributed by atoms with Crippen molar-refractivity contribution in [1.82, 2.24) is 20.5 Å². The fourth-order valence-electron chi connectivity index (χ4n) is 4.83. The van der Waals surface area contributed by atoms with E-state index in [9.17, 15) is 27.2 Å². The lowest BCUT2D eigenvalue weighted by Gasteiger charge is -2.43. The fourth-order valence-corrected chi connectivity index (χ4v) is 4.83. The van der Waals surface area contributed by atoms with Crippen LogP contribution in [0.15, 0.2) is 54.6 Å². The van der Waals surface area contributed by atoms with E-state index in [1.54, 1.807) is 12.1 Å².